The van der Waals surface area contributed by atoms with Gasteiger partial charge in [0.15, 0.2) is 11.5 Å². The van der Waals surface area contributed by atoms with Gasteiger partial charge in [0.25, 0.3) is 5.91 Å². The van der Waals surface area contributed by atoms with Gasteiger partial charge in [-0.2, -0.15) is 0 Å². The van der Waals surface area contributed by atoms with Crippen molar-refractivity contribution in [2.24, 2.45) is 4.99 Å². The van der Waals surface area contributed by atoms with Crippen molar-refractivity contribution in [2.75, 3.05) is 25.3 Å². The molecule has 2 N–H and O–H groups in total. The van der Waals surface area contributed by atoms with Crippen LogP contribution in [0.3, 0.4) is 0 Å². The zero-order valence-corrected chi connectivity index (χ0v) is 16.8. The van der Waals surface area contributed by atoms with Crippen LogP contribution in [-0.2, 0) is 4.74 Å². The SMILES string of the molecule is Cc1cc(Cl)ccc1NC(=NCC1CCCO1)NC(=O)c1ccc2c(c1)OCO2. The summed E-state index contributed by atoms with van der Waals surface area (Å²) >= 11 is 6.05. The molecule has 7 nitrogen and oxygen atoms in total. The quantitative estimate of drug-likeness (QED) is 0.587. The molecule has 1 fully saturated rings. The first-order valence-corrected chi connectivity index (χ1v) is 9.86. The van der Waals surface area contributed by atoms with Crippen LogP contribution in [0, 0.1) is 6.92 Å². The number of hydrogen-bond acceptors (Lipinski definition) is 5. The largest absolute Gasteiger partial charge is 0.454 e. The molecule has 0 saturated carbocycles. The van der Waals surface area contributed by atoms with E-state index in [2.05, 4.69) is 15.6 Å². The maximum absolute atomic E-state index is 12.8. The van der Waals surface area contributed by atoms with Gasteiger partial charge < -0.3 is 19.5 Å². The molecule has 0 bridgehead atoms. The van der Waals surface area contributed by atoms with Crippen molar-refractivity contribution >= 4 is 29.2 Å². The molecule has 1 saturated heterocycles. The van der Waals surface area contributed by atoms with Crippen LogP contribution in [0.5, 0.6) is 11.5 Å². The molecule has 2 heterocycles. The summed E-state index contributed by atoms with van der Waals surface area (Å²) in [4.78, 5) is 17.4. The average Bonchev–Trinajstić information content (AvgIpc) is 3.39. The van der Waals surface area contributed by atoms with E-state index < -0.39 is 0 Å². The molecule has 2 aliphatic rings. The number of fused-ring (bicyclic) bond motifs is 1. The molecule has 0 radical (unpaired) electrons. The molecule has 1 unspecified atom stereocenters. The predicted octanol–water partition coefficient (Wildman–Crippen LogP) is 3.75. The second kappa shape index (κ2) is 8.71. The van der Waals surface area contributed by atoms with Gasteiger partial charge in [-0.25, -0.2) is 4.99 Å². The molecule has 0 aliphatic carbocycles. The number of carbonyl (C=O) groups excluding carboxylic acids is 1. The molecule has 8 heteroatoms. The fourth-order valence-electron chi connectivity index (χ4n) is 3.20. The molecule has 29 heavy (non-hydrogen) atoms. The number of guanidine groups is 1. The van der Waals surface area contributed by atoms with E-state index in [0.717, 1.165) is 30.7 Å². The monoisotopic (exact) mass is 415 g/mol. The number of amides is 1. The molecule has 2 aromatic carbocycles. The first kappa shape index (κ1) is 19.5. The van der Waals surface area contributed by atoms with Gasteiger partial charge in [0, 0.05) is 22.9 Å². The van der Waals surface area contributed by atoms with Crippen molar-refractivity contribution < 1.29 is 19.0 Å². The van der Waals surface area contributed by atoms with E-state index in [4.69, 9.17) is 25.8 Å². The lowest BCUT2D eigenvalue weighted by Crippen LogP contribution is -2.37. The Morgan fingerprint density at radius 3 is 2.86 bits per heavy atom. The summed E-state index contributed by atoms with van der Waals surface area (Å²) < 4.78 is 16.3. The molecule has 4 rings (SSSR count). The molecule has 1 amide bonds. The van der Waals surface area contributed by atoms with Crippen molar-refractivity contribution in [2.45, 2.75) is 25.9 Å². The van der Waals surface area contributed by atoms with E-state index in [1.165, 1.54) is 0 Å². The van der Waals surface area contributed by atoms with Crippen LogP contribution in [0.4, 0.5) is 5.69 Å². The van der Waals surface area contributed by atoms with Crippen molar-refractivity contribution in [1.82, 2.24) is 5.32 Å². The summed E-state index contributed by atoms with van der Waals surface area (Å²) in [6, 6.07) is 10.6. The summed E-state index contributed by atoms with van der Waals surface area (Å²) in [6.45, 7) is 3.32. The van der Waals surface area contributed by atoms with E-state index in [1.54, 1.807) is 24.3 Å². The van der Waals surface area contributed by atoms with Gasteiger partial charge in [-0.15, -0.1) is 0 Å². The molecule has 1 atom stereocenters. The van der Waals surface area contributed by atoms with E-state index in [9.17, 15) is 4.79 Å². The van der Waals surface area contributed by atoms with Gasteiger partial charge in [-0.3, -0.25) is 10.1 Å². The van der Waals surface area contributed by atoms with E-state index in [0.29, 0.717) is 34.6 Å². The summed E-state index contributed by atoms with van der Waals surface area (Å²) in [7, 11) is 0. The third-order valence-electron chi connectivity index (χ3n) is 4.79. The third kappa shape index (κ3) is 4.81. The Morgan fingerprint density at radius 2 is 2.07 bits per heavy atom. The average molecular weight is 416 g/mol. The van der Waals surface area contributed by atoms with Gasteiger partial charge in [-0.1, -0.05) is 11.6 Å². The molecular weight excluding hydrogens is 394 g/mol. The number of halogens is 1. The van der Waals surface area contributed by atoms with Crippen molar-refractivity contribution in [1.29, 1.82) is 0 Å². The standard InChI is InChI=1S/C21H22ClN3O4/c1-13-9-15(22)5-6-17(13)24-21(23-11-16-3-2-8-27-16)25-20(26)14-4-7-18-19(10-14)29-12-28-18/h4-7,9-10,16H,2-3,8,11-12H2,1H3,(H2,23,24,25,26). The first-order valence-electron chi connectivity index (χ1n) is 9.49. The Bertz CT molecular complexity index is 942. The van der Waals surface area contributed by atoms with Gasteiger partial charge in [0.1, 0.15) is 0 Å². The van der Waals surface area contributed by atoms with Crippen LogP contribution in [0.2, 0.25) is 5.02 Å². The molecule has 2 aromatic rings. The smallest absolute Gasteiger partial charge is 0.258 e. The van der Waals surface area contributed by atoms with E-state index >= 15 is 0 Å². The summed E-state index contributed by atoms with van der Waals surface area (Å²) in [5.41, 5.74) is 2.21. The van der Waals surface area contributed by atoms with E-state index in [1.807, 2.05) is 19.1 Å². The zero-order valence-electron chi connectivity index (χ0n) is 16.0. The Balaban J connectivity index is 1.52. The number of aryl methyl sites for hydroxylation is 1. The molecule has 152 valence electrons. The Labute approximate surface area is 174 Å². The fourth-order valence-corrected chi connectivity index (χ4v) is 3.43. The first-order chi connectivity index (χ1) is 14.1. The molecular formula is C21H22ClN3O4. The van der Waals surface area contributed by atoms with Gasteiger partial charge in [0.2, 0.25) is 12.8 Å². The second-order valence-electron chi connectivity index (χ2n) is 6.93. The highest BCUT2D eigenvalue weighted by Gasteiger charge is 2.19. The van der Waals surface area contributed by atoms with E-state index in [-0.39, 0.29) is 18.8 Å². The highest BCUT2D eigenvalue weighted by Crippen LogP contribution is 2.32. The molecule has 2 aliphatic heterocycles. The zero-order chi connectivity index (χ0) is 20.2. The van der Waals surface area contributed by atoms with Crippen LogP contribution in [0.15, 0.2) is 41.4 Å². The Hall–Kier alpha value is -2.77. The number of benzene rings is 2. The Kier molecular flexibility index (Phi) is 5.87. The number of hydrogen-bond donors (Lipinski definition) is 2. The van der Waals surface area contributed by atoms with Crippen LogP contribution in [0.25, 0.3) is 0 Å². The van der Waals surface area contributed by atoms with Crippen molar-refractivity contribution in [3.05, 3.63) is 52.5 Å². The lowest BCUT2D eigenvalue weighted by molar-refractivity contribution is 0.0975. The number of carbonyl (C=O) groups is 1. The topological polar surface area (TPSA) is 81.2 Å². The second-order valence-corrected chi connectivity index (χ2v) is 7.37. The lowest BCUT2D eigenvalue weighted by Gasteiger charge is -2.15. The minimum atomic E-state index is -0.298. The number of nitrogens with zero attached hydrogens (tertiary/aromatic N) is 1. The minimum absolute atomic E-state index is 0.0700. The van der Waals surface area contributed by atoms with Gasteiger partial charge in [-0.05, 0) is 61.7 Å². The van der Waals surface area contributed by atoms with Crippen molar-refractivity contribution in [3.63, 3.8) is 0 Å². The summed E-state index contributed by atoms with van der Waals surface area (Å²) in [6.07, 6.45) is 2.07. The van der Waals surface area contributed by atoms with Crippen LogP contribution in [-0.4, -0.2) is 37.9 Å². The Morgan fingerprint density at radius 1 is 1.21 bits per heavy atom. The maximum Gasteiger partial charge on any atom is 0.258 e. The van der Waals surface area contributed by atoms with Crippen molar-refractivity contribution in [3.8, 4) is 11.5 Å². The fraction of sp³-hybridized carbons (Fsp3) is 0.333. The van der Waals surface area contributed by atoms with Crippen LogP contribution in [0.1, 0.15) is 28.8 Å². The number of anilines is 1. The highest BCUT2D eigenvalue weighted by atomic mass is 35.5. The number of aliphatic imine (C=N–C) groups is 1. The predicted molar refractivity (Wildman–Crippen MR) is 111 cm³/mol. The van der Waals surface area contributed by atoms with Gasteiger partial charge in [0.05, 0.1) is 12.6 Å². The summed E-state index contributed by atoms with van der Waals surface area (Å²) in [5.74, 6) is 1.24. The molecule has 0 spiro atoms. The normalized spacial score (nSPS) is 18.0. The lowest BCUT2D eigenvalue weighted by atomic mass is 10.2. The number of rotatable bonds is 4. The maximum atomic E-state index is 12.8. The van der Waals surface area contributed by atoms with Gasteiger partial charge >= 0.3 is 0 Å². The summed E-state index contributed by atoms with van der Waals surface area (Å²) in [5, 5.41) is 6.70. The number of ether oxygens (including phenoxy) is 3. The highest BCUT2D eigenvalue weighted by molar-refractivity contribution is 6.30. The third-order valence-corrected chi connectivity index (χ3v) is 5.02. The number of nitrogens with one attached hydrogen (secondary N) is 2. The molecule has 0 aromatic heterocycles. The van der Waals surface area contributed by atoms with Crippen LogP contribution < -0.4 is 20.1 Å². The minimum Gasteiger partial charge on any atom is -0.454 e. The van der Waals surface area contributed by atoms with Crippen LogP contribution >= 0.6 is 11.6 Å².